The molecule has 0 bridgehead atoms. The van der Waals surface area contributed by atoms with Crippen LogP contribution < -0.4 is 4.74 Å². The van der Waals surface area contributed by atoms with Crippen LogP contribution in [0.1, 0.15) is 18.9 Å². The SMILES string of the molecule is Cc1ccccc1OCCN1CCC(C(C)O)C1. The average Bonchev–Trinajstić information content (AvgIpc) is 2.80. The number of aliphatic hydroxyl groups excluding tert-OH is 1. The van der Waals surface area contributed by atoms with E-state index in [1.165, 1.54) is 5.56 Å². The molecule has 1 N–H and O–H groups in total. The van der Waals surface area contributed by atoms with E-state index in [1.807, 2.05) is 25.1 Å². The van der Waals surface area contributed by atoms with E-state index >= 15 is 0 Å². The maximum atomic E-state index is 9.55. The minimum absolute atomic E-state index is 0.188. The molecular formula is C15H23NO2. The summed E-state index contributed by atoms with van der Waals surface area (Å²) >= 11 is 0. The zero-order valence-electron chi connectivity index (χ0n) is 11.3. The molecule has 1 aromatic carbocycles. The van der Waals surface area contributed by atoms with Crippen molar-refractivity contribution >= 4 is 0 Å². The fourth-order valence-electron chi connectivity index (χ4n) is 2.46. The fraction of sp³-hybridized carbons (Fsp3) is 0.600. The molecule has 1 aliphatic rings. The number of benzene rings is 1. The minimum atomic E-state index is -0.188. The van der Waals surface area contributed by atoms with Crippen molar-refractivity contribution < 1.29 is 9.84 Å². The maximum absolute atomic E-state index is 9.55. The van der Waals surface area contributed by atoms with E-state index in [1.54, 1.807) is 0 Å². The van der Waals surface area contributed by atoms with Crippen molar-refractivity contribution in [1.29, 1.82) is 0 Å². The summed E-state index contributed by atoms with van der Waals surface area (Å²) in [6, 6.07) is 8.10. The van der Waals surface area contributed by atoms with E-state index in [4.69, 9.17) is 4.74 Å². The summed E-state index contributed by atoms with van der Waals surface area (Å²) in [5.41, 5.74) is 1.18. The lowest BCUT2D eigenvalue weighted by Gasteiger charge is -2.18. The van der Waals surface area contributed by atoms with Gasteiger partial charge < -0.3 is 9.84 Å². The van der Waals surface area contributed by atoms with E-state index in [0.29, 0.717) is 5.92 Å². The van der Waals surface area contributed by atoms with Crippen molar-refractivity contribution in [3.8, 4) is 5.75 Å². The van der Waals surface area contributed by atoms with Gasteiger partial charge in [-0.15, -0.1) is 0 Å². The molecule has 0 amide bonds. The molecule has 3 nitrogen and oxygen atoms in total. The molecular weight excluding hydrogens is 226 g/mol. The molecule has 0 aromatic heterocycles. The molecule has 1 aromatic rings. The van der Waals surface area contributed by atoms with E-state index in [-0.39, 0.29) is 6.10 Å². The van der Waals surface area contributed by atoms with Crippen molar-refractivity contribution in [3.63, 3.8) is 0 Å². The second kappa shape index (κ2) is 6.21. The molecule has 1 aliphatic heterocycles. The number of para-hydroxylation sites is 1. The smallest absolute Gasteiger partial charge is 0.122 e. The highest BCUT2D eigenvalue weighted by atomic mass is 16.5. The van der Waals surface area contributed by atoms with Gasteiger partial charge in [0.2, 0.25) is 0 Å². The van der Waals surface area contributed by atoms with Crippen molar-refractivity contribution in [2.45, 2.75) is 26.4 Å². The van der Waals surface area contributed by atoms with Gasteiger partial charge in [-0.25, -0.2) is 0 Å². The molecule has 1 fully saturated rings. The van der Waals surface area contributed by atoms with Gasteiger partial charge in [0.05, 0.1) is 6.10 Å². The number of ether oxygens (including phenoxy) is 1. The molecule has 1 heterocycles. The number of aliphatic hydroxyl groups is 1. The van der Waals surface area contributed by atoms with Gasteiger partial charge in [0, 0.05) is 13.1 Å². The second-order valence-electron chi connectivity index (χ2n) is 5.20. The molecule has 0 saturated carbocycles. The van der Waals surface area contributed by atoms with Crippen molar-refractivity contribution in [3.05, 3.63) is 29.8 Å². The molecule has 18 heavy (non-hydrogen) atoms. The van der Waals surface area contributed by atoms with Gasteiger partial charge >= 0.3 is 0 Å². The van der Waals surface area contributed by atoms with Crippen molar-refractivity contribution in [2.75, 3.05) is 26.2 Å². The monoisotopic (exact) mass is 249 g/mol. The molecule has 2 rings (SSSR count). The number of hydrogen-bond acceptors (Lipinski definition) is 3. The number of likely N-dealkylation sites (tertiary alicyclic amines) is 1. The van der Waals surface area contributed by atoms with Crippen LogP contribution in [0.3, 0.4) is 0 Å². The third kappa shape index (κ3) is 3.47. The lowest BCUT2D eigenvalue weighted by Crippen LogP contribution is -2.28. The highest BCUT2D eigenvalue weighted by Gasteiger charge is 2.25. The van der Waals surface area contributed by atoms with E-state index < -0.39 is 0 Å². The summed E-state index contributed by atoms with van der Waals surface area (Å²) in [6.07, 6.45) is 0.912. The summed E-state index contributed by atoms with van der Waals surface area (Å²) in [5.74, 6) is 1.41. The molecule has 2 atom stereocenters. The zero-order chi connectivity index (χ0) is 13.0. The Bertz CT molecular complexity index is 379. The molecule has 100 valence electrons. The minimum Gasteiger partial charge on any atom is -0.492 e. The van der Waals surface area contributed by atoms with E-state index in [9.17, 15) is 5.11 Å². The van der Waals surface area contributed by atoms with Gasteiger partial charge in [0.25, 0.3) is 0 Å². The van der Waals surface area contributed by atoms with Gasteiger partial charge in [-0.3, -0.25) is 4.90 Å². The summed E-state index contributed by atoms with van der Waals surface area (Å²) in [7, 11) is 0. The molecule has 2 unspecified atom stereocenters. The number of aryl methyl sites for hydroxylation is 1. The first-order valence-corrected chi connectivity index (χ1v) is 6.75. The third-order valence-corrected chi connectivity index (χ3v) is 3.75. The van der Waals surface area contributed by atoms with E-state index in [0.717, 1.165) is 38.4 Å². The van der Waals surface area contributed by atoms with Gasteiger partial charge in [-0.2, -0.15) is 0 Å². The van der Waals surface area contributed by atoms with Gasteiger partial charge in [-0.1, -0.05) is 18.2 Å². The lowest BCUT2D eigenvalue weighted by atomic mass is 10.0. The quantitative estimate of drug-likeness (QED) is 0.867. The molecule has 1 saturated heterocycles. The predicted octanol–water partition coefficient (Wildman–Crippen LogP) is 2.08. The first kappa shape index (κ1) is 13.4. The predicted molar refractivity (Wildman–Crippen MR) is 72.9 cm³/mol. The van der Waals surface area contributed by atoms with Gasteiger partial charge in [0.1, 0.15) is 12.4 Å². The fourth-order valence-corrected chi connectivity index (χ4v) is 2.46. The van der Waals surface area contributed by atoms with Crippen LogP contribution in [-0.2, 0) is 0 Å². The van der Waals surface area contributed by atoms with Crippen LogP contribution in [0.4, 0.5) is 0 Å². The Kier molecular flexibility index (Phi) is 4.61. The zero-order valence-corrected chi connectivity index (χ0v) is 11.3. The van der Waals surface area contributed by atoms with Crippen LogP contribution in [0.25, 0.3) is 0 Å². The lowest BCUT2D eigenvalue weighted by molar-refractivity contribution is 0.125. The van der Waals surface area contributed by atoms with Gasteiger partial charge in [0.15, 0.2) is 0 Å². The number of rotatable bonds is 5. The van der Waals surface area contributed by atoms with Crippen molar-refractivity contribution in [1.82, 2.24) is 4.90 Å². The maximum Gasteiger partial charge on any atom is 0.122 e. The second-order valence-corrected chi connectivity index (χ2v) is 5.20. The largest absolute Gasteiger partial charge is 0.492 e. The Hall–Kier alpha value is -1.06. The normalized spacial score (nSPS) is 22.1. The average molecular weight is 249 g/mol. The highest BCUT2D eigenvalue weighted by Crippen LogP contribution is 2.20. The molecule has 3 heteroatoms. The first-order valence-electron chi connectivity index (χ1n) is 6.75. The molecule has 0 radical (unpaired) electrons. The summed E-state index contributed by atoms with van der Waals surface area (Å²) in [4.78, 5) is 2.37. The first-order chi connectivity index (χ1) is 8.66. The number of hydrogen-bond donors (Lipinski definition) is 1. The molecule has 0 aliphatic carbocycles. The van der Waals surface area contributed by atoms with Crippen LogP contribution in [0.2, 0.25) is 0 Å². The Labute approximate surface area is 109 Å². The highest BCUT2D eigenvalue weighted by molar-refractivity contribution is 5.31. The topological polar surface area (TPSA) is 32.7 Å². The summed E-state index contributed by atoms with van der Waals surface area (Å²) in [6.45, 7) is 7.68. The Morgan fingerprint density at radius 2 is 2.22 bits per heavy atom. The standard InChI is InChI=1S/C15H23NO2/c1-12-5-3-4-6-15(12)18-10-9-16-8-7-14(11-16)13(2)17/h3-6,13-14,17H,7-11H2,1-2H3. The molecule has 0 spiro atoms. The van der Waals surface area contributed by atoms with Crippen LogP contribution >= 0.6 is 0 Å². The van der Waals surface area contributed by atoms with E-state index in [2.05, 4.69) is 17.9 Å². The summed E-state index contributed by atoms with van der Waals surface area (Å²) in [5, 5.41) is 9.55. The van der Waals surface area contributed by atoms with Crippen LogP contribution in [-0.4, -0.2) is 42.4 Å². The van der Waals surface area contributed by atoms with Crippen LogP contribution in [0, 0.1) is 12.8 Å². The Morgan fingerprint density at radius 3 is 2.89 bits per heavy atom. The van der Waals surface area contributed by atoms with Crippen LogP contribution in [0.15, 0.2) is 24.3 Å². The van der Waals surface area contributed by atoms with Crippen LogP contribution in [0.5, 0.6) is 5.75 Å². The summed E-state index contributed by atoms with van der Waals surface area (Å²) < 4.78 is 5.79. The number of nitrogens with zero attached hydrogens (tertiary/aromatic N) is 1. The Morgan fingerprint density at radius 1 is 1.44 bits per heavy atom. The van der Waals surface area contributed by atoms with Gasteiger partial charge in [-0.05, 0) is 44.4 Å². The third-order valence-electron chi connectivity index (χ3n) is 3.75. The Balaban J connectivity index is 1.72. The van der Waals surface area contributed by atoms with Crippen molar-refractivity contribution in [2.24, 2.45) is 5.92 Å².